The number of anilines is 1. The number of nitrogens with two attached hydrogens (primary N) is 1. The van der Waals surface area contributed by atoms with Gasteiger partial charge in [0.2, 0.25) is 0 Å². The van der Waals surface area contributed by atoms with Crippen molar-refractivity contribution < 1.29 is 0 Å². The molecule has 0 saturated heterocycles. The van der Waals surface area contributed by atoms with E-state index in [9.17, 15) is 0 Å². The summed E-state index contributed by atoms with van der Waals surface area (Å²) in [4.78, 5) is 10.6. The summed E-state index contributed by atoms with van der Waals surface area (Å²) in [5.41, 5.74) is 14.4. The molecule has 0 aliphatic heterocycles. The van der Waals surface area contributed by atoms with Crippen molar-refractivity contribution in [1.29, 1.82) is 0 Å². The van der Waals surface area contributed by atoms with Crippen LogP contribution in [0.1, 0.15) is 0 Å². The first-order chi connectivity index (χ1) is 7.33. The van der Waals surface area contributed by atoms with Gasteiger partial charge in [0.15, 0.2) is 5.65 Å². The van der Waals surface area contributed by atoms with Crippen LogP contribution in [0.3, 0.4) is 0 Å². The lowest BCUT2D eigenvalue weighted by molar-refractivity contribution is 0.638. The second kappa shape index (κ2) is 3.81. The summed E-state index contributed by atoms with van der Waals surface area (Å²) < 4.78 is 1.63. The fourth-order valence-corrected chi connectivity index (χ4v) is 1.26. The Balaban J connectivity index is 2.36. The predicted octanol–water partition coefficient (Wildman–Crippen LogP) is 0.719. The van der Waals surface area contributed by atoms with Crippen molar-refractivity contribution in [2.45, 2.75) is 6.54 Å². The van der Waals surface area contributed by atoms with Crippen LogP contribution in [0.2, 0.25) is 0 Å². The molecular formula is C7H8N8. The van der Waals surface area contributed by atoms with Crippen LogP contribution in [0.15, 0.2) is 17.6 Å². The Morgan fingerprint density at radius 2 is 2.40 bits per heavy atom. The second-order valence-corrected chi connectivity index (χ2v) is 2.82. The summed E-state index contributed by atoms with van der Waals surface area (Å²) >= 11 is 0. The molecule has 0 atom stereocenters. The molecule has 76 valence electrons. The minimum atomic E-state index is 0.331. The second-order valence-electron chi connectivity index (χ2n) is 2.82. The van der Waals surface area contributed by atoms with Crippen molar-refractivity contribution in [3.8, 4) is 0 Å². The Hall–Kier alpha value is -2.34. The van der Waals surface area contributed by atoms with Crippen molar-refractivity contribution in [3.63, 3.8) is 0 Å². The van der Waals surface area contributed by atoms with E-state index in [4.69, 9.17) is 11.3 Å². The predicted molar refractivity (Wildman–Crippen MR) is 53.7 cm³/mol. The average Bonchev–Trinajstić information content (AvgIpc) is 2.64. The molecule has 0 bridgehead atoms. The monoisotopic (exact) mass is 204 g/mol. The number of nitrogen functional groups attached to an aromatic ring is 1. The van der Waals surface area contributed by atoms with E-state index in [-0.39, 0.29) is 0 Å². The third kappa shape index (κ3) is 1.65. The van der Waals surface area contributed by atoms with Gasteiger partial charge in [0.1, 0.15) is 12.1 Å². The zero-order valence-corrected chi connectivity index (χ0v) is 7.78. The average molecular weight is 204 g/mol. The van der Waals surface area contributed by atoms with Crippen LogP contribution in [-0.2, 0) is 6.54 Å². The Bertz CT molecular complexity index is 523. The number of aromatic nitrogens is 4. The van der Waals surface area contributed by atoms with Crippen molar-refractivity contribution in [3.05, 3.63) is 23.0 Å². The van der Waals surface area contributed by atoms with Crippen LogP contribution in [0.5, 0.6) is 0 Å². The molecule has 15 heavy (non-hydrogen) atoms. The number of hydrogen-bond donors (Lipinski definition) is 1. The first-order valence-electron chi connectivity index (χ1n) is 4.26. The highest BCUT2D eigenvalue weighted by Crippen LogP contribution is 2.14. The van der Waals surface area contributed by atoms with E-state index in [2.05, 4.69) is 25.1 Å². The van der Waals surface area contributed by atoms with Gasteiger partial charge in [-0.3, -0.25) is 0 Å². The fraction of sp³-hybridized carbons (Fsp3) is 0.286. The molecule has 8 nitrogen and oxygen atoms in total. The lowest BCUT2D eigenvalue weighted by atomic mass is 10.4. The fourth-order valence-electron chi connectivity index (χ4n) is 1.26. The van der Waals surface area contributed by atoms with Gasteiger partial charge in [0.25, 0.3) is 0 Å². The van der Waals surface area contributed by atoms with Crippen LogP contribution in [0, 0.1) is 0 Å². The summed E-state index contributed by atoms with van der Waals surface area (Å²) in [6, 6.07) is 0. The summed E-state index contributed by atoms with van der Waals surface area (Å²) in [6.07, 6.45) is 2.98. The lowest BCUT2D eigenvalue weighted by Gasteiger charge is -1.99. The molecule has 0 amide bonds. The first kappa shape index (κ1) is 9.22. The minimum absolute atomic E-state index is 0.331. The molecular weight excluding hydrogens is 196 g/mol. The maximum Gasteiger partial charge on any atom is 0.163 e. The zero-order valence-electron chi connectivity index (χ0n) is 7.78. The summed E-state index contributed by atoms with van der Waals surface area (Å²) in [6.45, 7) is 0.807. The van der Waals surface area contributed by atoms with Gasteiger partial charge in [-0.15, -0.1) is 0 Å². The van der Waals surface area contributed by atoms with Gasteiger partial charge in [-0.1, -0.05) is 5.11 Å². The van der Waals surface area contributed by atoms with E-state index in [0.717, 1.165) is 0 Å². The van der Waals surface area contributed by atoms with Gasteiger partial charge >= 0.3 is 0 Å². The maximum atomic E-state index is 8.14. The SMILES string of the molecule is [N-]=[N+]=NCCn1ncc2c(N)ncnc21. The van der Waals surface area contributed by atoms with Gasteiger partial charge in [0, 0.05) is 18.0 Å². The molecule has 0 unspecified atom stereocenters. The molecule has 0 saturated carbocycles. The number of hydrogen-bond acceptors (Lipinski definition) is 5. The van der Waals surface area contributed by atoms with Gasteiger partial charge in [0.05, 0.1) is 11.6 Å². The van der Waals surface area contributed by atoms with Crippen LogP contribution < -0.4 is 5.73 Å². The molecule has 0 radical (unpaired) electrons. The van der Waals surface area contributed by atoms with E-state index in [1.54, 1.807) is 10.9 Å². The van der Waals surface area contributed by atoms with Crippen molar-refractivity contribution in [1.82, 2.24) is 19.7 Å². The standard InChI is InChI=1S/C7H8N8/c8-6-5-3-13-15(2-1-12-14-9)7(5)11-4-10-6/h3-4H,1-2H2,(H2,8,10,11). The number of nitrogens with zero attached hydrogens (tertiary/aromatic N) is 7. The molecule has 0 aliphatic rings. The van der Waals surface area contributed by atoms with E-state index in [1.807, 2.05) is 0 Å². The van der Waals surface area contributed by atoms with Gasteiger partial charge in [-0.25, -0.2) is 14.6 Å². The summed E-state index contributed by atoms with van der Waals surface area (Å²) in [7, 11) is 0. The normalized spacial score (nSPS) is 10.1. The van der Waals surface area contributed by atoms with Crippen LogP contribution in [0.25, 0.3) is 21.5 Å². The third-order valence-electron chi connectivity index (χ3n) is 1.94. The van der Waals surface area contributed by atoms with E-state index < -0.39 is 0 Å². The molecule has 2 heterocycles. The summed E-state index contributed by atoms with van der Waals surface area (Å²) in [5, 5.41) is 8.21. The largest absolute Gasteiger partial charge is 0.383 e. The van der Waals surface area contributed by atoms with Gasteiger partial charge < -0.3 is 5.73 Å². The summed E-state index contributed by atoms with van der Waals surface area (Å²) in [5.74, 6) is 0.398. The molecule has 0 aliphatic carbocycles. The molecule has 2 aromatic rings. The molecule has 0 fully saturated rings. The van der Waals surface area contributed by atoms with Crippen LogP contribution in [0.4, 0.5) is 5.82 Å². The highest BCUT2D eigenvalue weighted by Gasteiger charge is 2.06. The Morgan fingerprint density at radius 1 is 1.53 bits per heavy atom. The molecule has 2 rings (SSSR count). The highest BCUT2D eigenvalue weighted by atomic mass is 15.3. The zero-order chi connectivity index (χ0) is 10.7. The van der Waals surface area contributed by atoms with E-state index in [1.165, 1.54) is 6.33 Å². The Labute approximate surface area is 84.4 Å². The quantitative estimate of drug-likeness (QED) is 0.450. The van der Waals surface area contributed by atoms with Crippen molar-refractivity contribution in [2.75, 3.05) is 12.3 Å². The Morgan fingerprint density at radius 3 is 3.20 bits per heavy atom. The topological polar surface area (TPSA) is 118 Å². The van der Waals surface area contributed by atoms with Crippen LogP contribution in [-0.4, -0.2) is 26.3 Å². The lowest BCUT2D eigenvalue weighted by Crippen LogP contribution is -2.03. The maximum absolute atomic E-state index is 8.14. The molecule has 8 heteroatoms. The van der Waals surface area contributed by atoms with Crippen molar-refractivity contribution in [2.24, 2.45) is 5.11 Å². The highest BCUT2D eigenvalue weighted by molar-refractivity contribution is 5.84. The molecule has 2 N–H and O–H groups in total. The third-order valence-corrected chi connectivity index (χ3v) is 1.94. The number of fused-ring (bicyclic) bond motifs is 1. The first-order valence-corrected chi connectivity index (χ1v) is 4.26. The number of azide groups is 1. The molecule has 2 aromatic heterocycles. The van der Waals surface area contributed by atoms with Gasteiger partial charge in [-0.05, 0) is 5.53 Å². The van der Waals surface area contributed by atoms with E-state index in [0.29, 0.717) is 29.9 Å². The van der Waals surface area contributed by atoms with Crippen LogP contribution >= 0.6 is 0 Å². The van der Waals surface area contributed by atoms with Gasteiger partial charge in [-0.2, -0.15) is 5.10 Å². The van der Waals surface area contributed by atoms with E-state index >= 15 is 0 Å². The Kier molecular flexibility index (Phi) is 2.34. The van der Waals surface area contributed by atoms with Crippen molar-refractivity contribution >= 4 is 16.9 Å². The number of rotatable bonds is 3. The minimum Gasteiger partial charge on any atom is -0.383 e. The molecule has 0 aromatic carbocycles. The smallest absolute Gasteiger partial charge is 0.163 e. The molecule has 0 spiro atoms.